The fraction of sp³-hybridized carbons (Fsp3) is 0.514. The number of hydrogen-bond donors (Lipinski definition) is 0. The Bertz CT molecular complexity index is 1110. The van der Waals surface area contributed by atoms with E-state index in [1.165, 1.54) is 51.4 Å². The van der Waals surface area contributed by atoms with Gasteiger partial charge < -0.3 is 14.2 Å². The lowest BCUT2D eigenvalue weighted by atomic mass is 10.0. The number of aromatic nitrogens is 2. The molecule has 0 aliphatic heterocycles. The first-order chi connectivity index (χ1) is 20.1. The number of esters is 1. The number of rotatable bonds is 20. The largest absolute Gasteiger partial charge is 0.490 e. The molecule has 1 atom stereocenters. The van der Waals surface area contributed by atoms with Gasteiger partial charge in [0.25, 0.3) is 0 Å². The Morgan fingerprint density at radius 2 is 1.20 bits per heavy atom. The van der Waals surface area contributed by atoms with Crippen LogP contribution in [0, 0.1) is 0 Å². The number of hydrogen-bond acceptors (Lipinski definition) is 6. The Labute approximate surface area is 246 Å². The minimum Gasteiger partial charge on any atom is -0.490 e. The summed E-state index contributed by atoms with van der Waals surface area (Å²) in [5.41, 5.74) is 3.15. The summed E-state index contributed by atoms with van der Waals surface area (Å²) in [4.78, 5) is 21.0. The maximum Gasteiger partial charge on any atom is 0.306 e. The third-order valence-electron chi connectivity index (χ3n) is 7.03. The van der Waals surface area contributed by atoms with Crippen molar-refractivity contribution in [3.8, 4) is 34.0 Å². The van der Waals surface area contributed by atoms with Crippen molar-refractivity contribution in [1.29, 1.82) is 0 Å². The summed E-state index contributed by atoms with van der Waals surface area (Å²) in [6.45, 7) is 7.33. The molecule has 0 bridgehead atoms. The predicted molar refractivity (Wildman–Crippen MR) is 166 cm³/mol. The molecule has 2 aromatic carbocycles. The van der Waals surface area contributed by atoms with Crippen LogP contribution in [0.1, 0.15) is 97.8 Å². The van der Waals surface area contributed by atoms with Gasteiger partial charge in [-0.1, -0.05) is 108 Å². The van der Waals surface area contributed by atoms with Gasteiger partial charge in [0.15, 0.2) is 11.6 Å². The van der Waals surface area contributed by atoms with Crippen LogP contribution in [0.3, 0.4) is 0 Å². The lowest BCUT2D eigenvalue weighted by molar-refractivity contribution is -0.149. The van der Waals surface area contributed by atoms with Gasteiger partial charge in [-0.3, -0.25) is 4.79 Å². The van der Waals surface area contributed by atoms with Crippen LogP contribution in [-0.4, -0.2) is 35.3 Å². The Morgan fingerprint density at radius 1 is 0.659 bits per heavy atom. The molecule has 0 fully saturated rings. The Morgan fingerprint density at radius 3 is 1.83 bits per heavy atom. The number of nitrogens with zero attached hydrogens (tertiary/aromatic N) is 2. The van der Waals surface area contributed by atoms with E-state index in [0.717, 1.165) is 41.7 Å². The van der Waals surface area contributed by atoms with Gasteiger partial charge in [0.2, 0.25) is 0 Å². The van der Waals surface area contributed by atoms with Crippen molar-refractivity contribution in [3.63, 3.8) is 0 Å². The van der Waals surface area contributed by atoms with Crippen LogP contribution in [0.2, 0.25) is 0 Å². The van der Waals surface area contributed by atoms with E-state index >= 15 is 0 Å². The molecule has 0 aliphatic rings. The molecule has 41 heavy (non-hydrogen) atoms. The molecule has 1 unspecified atom stereocenters. The molecule has 0 N–H and O–H groups in total. The molecule has 0 saturated heterocycles. The second kappa shape index (κ2) is 18.8. The van der Waals surface area contributed by atoms with E-state index in [-0.39, 0.29) is 12.1 Å². The quantitative estimate of drug-likeness (QED) is 0.101. The molecule has 0 spiro atoms. The maximum absolute atomic E-state index is 12.0. The molecule has 1 heterocycles. The summed E-state index contributed by atoms with van der Waals surface area (Å²) in [5.74, 6) is 2.00. The smallest absolute Gasteiger partial charge is 0.306 e. The first-order valence-corrected chi connectivity index (χ1v) is 15.6. The Balaban J connectivity index is 1.40. The highest BCUT2D eigenvalue weighted by molar-refractivity contribution is 5.69. The van der Waals surface area contributed by atoms with Crippen molar-refractivity contribution in [2.45, 2.75) is 104 Å². The number of benzene rings is 2. The van der Waals surface area contributed by atoms with Crippen LogP contribution >= 0.6 is 0 Å². The van der Waals surface area contributed by atoms with Crippen molar-refractivity contribution in [2.24, 2.45) is 0 Å². The summed E-state index contributed by atoms with van der Waals surface area (Å²) in [6.07, 6.45) is 16.7. The van der Waals surface area contributed by atoms with Crippen LogP contribution in [0.5, 0.6) is 11.5 Å². The second-order valence-corrected chi connectivity index (χ2v) is 10.7. The zero-order chi connectivity index (χ0) is 29.1. The Hall–Kier alpha value is -3.41. The molecule has 1 aromatic heterocycles. The maximum atomic E-state index is 12.0. The van der Waals surface area contributed by atoms with Crippen molar-refractivity contribution >= 4 is 5.97 Å². The van der Waals surface area contributed by atoms with Gasteiger partial charge in [-0.15, -0.1) is 0 Å². The van der Waals surface area contributed by atoms with E-state index in [4.69, 9.17) is 14.2 Å². The van der Waals surface area contributed by atoms with E-state index in [2.05, 4.69) is 35.9 Å². The predicted octanol–water partition coefficient (Wildman–Crippen LogP) is 9.22. The van der Waals surface area contributed by atoms with E-state index in [1.54, 1.807) is 12.4 Å². The third-order valence-corrected chi connectivity index (χ3v) is 7.03. The monoisotopic (exact) mass is 560 g/mol. The van der Waals surface area contributed by atoms with E-state index < -0.39 is 0 Å². The van der Waals surface area contributed by atoms with Gasteiger partial charge in [-0.25, -0.2) is 9.97 Å². The number of carbonyl (C=O) groups excluding carboxylic acids is 1. The van der Waals surface area contributed by atoms with E-state index in [0.29, 0.717) is 31.2 Å². The highest BCUT2D eigenvalue weighted by Crippen LogP contribution is 2.25. The summed E-state index contributed by atoms with van der Waals surface area (Å²) >= 11 is 0. The minimum atomic E-state index is -0.284. The van der Waals surface area contributed by atoms with Gasteiger partial charge in [-0.2, -0.15) is 0 Å². The van der Waals surface area contributed by atoms with Crippen LogP contribution < -0.4 is 9.47 Å². The molecular formula is C35H48N2O4. The lowest BCUT2D eigenvalue weighted by Crippen LogP contribution is -2.21. The topological polar surface area (TPSA) is 70.5 Å². The van der Waals surface area contributed by atoms with Gasteiger partial charge in [0, 0.05) is 12.0 Å². The number of carbonyl (C=O) groups is 1. The molecule has 3 aromatic rings. The average molecular weight is 561 g/mol. The number of ether oxygens (including phenoxy) is 3. The minimum absolute atomic E-state index is 0.144. The van der Waals surface area contributed by atoms with Crippen LogP contribution in [0.15, 0.2) is 60.9 Å². The molecule has 6 nitrogen and oxygen atoms in total. The van der Waals surface area contributed by atoms with Gasteiger partial charge >= 0.3 is 5.97 Å². The summed E-state index contributed by atoms with van der Waals surface area (Å²) in [6, 6.07) is 16.2. The molecular weight excluding hydrogens is 512 g/mol. The molecule has 0 saturated carbocycles. The molecule has 0 radical (unpaired) electrons. The van der Waals surface area contributed by atoms with E-state index in [1.807, 2.05) is 43.3 Å². The summed E-state index contributed by atoms with van der Waals surface area (Å²) < 4.78 is 17.1. The van der Waals surface area contributed by atoms with Crippen LogP contribution in [-0.2, 0) is 9.53 Å². The van der Waals surface area contributed by atoms with Gasteiger partial charge in [0.05, 0.1) is 19.0 Å². The first kappa shape index (κ1) is 32.1. The van der Waals surface area contributed by atoms with Crippen LogP contribution in [0.4, 0.5) is 0 Å². The Kier molecular flexibility index (Phi) is 14.8. The number of unbranched alkanes of at least 4 members (excludes halogenated alkanes) is 9. The lowest BCUT2D eigenvalue weighted by Gasteiger charge is -2.15. The second-order valence-electron chi connectivity index (χ2n) is 10.7. The third kappa shape index (κ3) is 12.3. The zero-order valence-electron chi connectivity index (χ0n) is 25.3. The van der Waals surface area contributed by atoms with Crippen molar-refractivity contribution in [1.82, 2.24) is 9.97 Å². The normalized spacial score (nSPS) is 11.7. The molecule has 0 amide bonds. The standard InChI is InChI=1S/C35H48N2O4/c1-4-6-8-10-12-14-24-39-33-25-36-35(37-26-33)31-18-16-29(17-19-31)30-20-22-32(23-21-30)40-27-28(3)41-34(38)15-13-11-9-7-5-2/h16-23,25-26,28H,4-15,24,27H2,1-3H3. The fourth-order valence-corrected chi connectivity index (χ4v) is 4.57. The van der Waals surface area contributed by atoms with Crippen molar-refractivity contribution < 1.29 is 19.0 Å². The molecule has 6 heteroatoms. The fourth-order valence-electron chi connectivity index (χ4n) is 4.57. The molecule has 0 aliphatic carbocycles. The van der Waals surface area contributed by atoms with Gasteiger partial charge in [-0.05, 0) is 43.0 Å². The van der Waals surface area contributed by atoms with Crippen molar-refractivity contribution in [2.75, 3.05) is 13.2 Å². The SMILES string of the molecule is CCCCCCCCOc1cnc(-c2ccc(-c3ccc(OCC(C)OC(=O)CCCCCCC)cc3)cc2)nc1. The highest BCUT2D eigenvalue weighted by atomic mass is 16.6. The zero-order valence-corrected chi connectivity index (χ0v) is 25.3. The molecule has 222 valence electrons. The summed E-state index contributed by atoms with van der Waals surface area (Å²) in [5, 5.41) is 0. The average Bonchev–Trinajstić information content (AvgIpc) is 3.00. The first-order valence-electron chi connectivity index (χ1n) is 15.6. The van der Waals surface area contributed by atoms with Gasteiger partial charge in [0.1, 0.15) is 18.5 Å². The highest BCUT2D eigenvalue weighted by Gasteiger charge is 2.11. The van der Waals surface area contributed by atoms with Crippen LogP contribution in [0.25, 0.3) is 22.5 Å². The molecule has 3 rings (SSSR count). The summed E-state index contributed by atoms with van der Waals surface area (Å²) in [7, 11) is 0. The van der Waals surface area contributed by atoms with Crippen molar-refractivity contribution in [3.05, 3.63) is 60.9 Å². The van der Waals surface area contributed by atoms with E-state index in [9.17, 15) is 4.79 Å².